The monoisotopic (exact) mass is 562 g/mol. The Morgan fingerprint density at radius 1 is 0.943 bits per heavy atom. The molecule has 1 aliphatic heterocycles. The molecule has 13 heteroatoms. The van der Waals surface area contributed by atoms with Gasteiger partial charge in [-0.1, -0.05) is 53.0 Å². The third-order valence-corrected chi connectivity index (χ3v) is 6.69. The van der Waals surface area contributed by atoms with Gasteiger partial charge in [0.2, 0.25) is 4.77 Å². The Morgan fingerprint density at radius 2 is 1.57 bits per heavy atom. The van der Waals surface area contributed by atoms with Gasteiger partial charge in [0.1, 0.15) is 0 Å². The summed E-state index contributed by atoms with van der Waals surface area (Å²) in [5.41, 5.74) is 1.55. The van der Waals surface area contributed by atoms with Crippen molar-refractivity contribution in [2.45, 2.75) is 19.4 Å². The quantitative estimate of drug-likeness (QED) is 0.270. The van der Waals surface area contributed by atoms with E-state index in [9.17, 15) is 13.2 Å². The van der Waals surface area contributed by atoms with Crippen LogP contribution in [0.1, 0.15) is 17.0 Å². The number of rotatable bonds is 6. The van der Waals surface area contributed by atoms with Crippen LogP contribution < -0.4 is 0 Å². The summed E-state index contributed by atoms with van der Waals surface area (Å²) in [6, 6.07) is 11.9. The molecule has 186 valence electrons. The molecule has 4 rings (SSSR count). The van der Waals surface area contributed by atoms with Crippen molar-refractivity contribution in [3.63, 3.8) is 0 Å². The molecule has 0 radical (unpaired) electrons. The molecule has 0 N–H and O–H groups in total. The zero-order valence-electron chi connectivity index (χ0n) is 18.2. The van der Waals surface area contributed by atoms with Crippen molar-refractivity contribution in [2.24, 2.45) is 5.10 Å². The lowest BCUT2D eigenvalue weighted by Gasteiger charge is -2.34. The molecule has 2 aromatic carbocycles. The van der Waals surface area contributed by atoms with Crippen LogP contribution in [0.3, 0.4) is 0 Å². The first-order valence-corrected chi connectivity index (χ1v) is 12.1. The normalized spacial score (nSPS) is 15.8. The zero-order valence-corrected chi connectivity index (χ0v) is 21.3. The second kappa shape index (κ2) is 11.0. The van der Waals surface area contributed by atoms with Crippen LogP contribution in [0.15, 0.2) is 47.6 Å². The van der Waals surface area contributed by atoms with Gasteiger partial charge in [0.05, 0.1) is 12.9 Å². The number of benzene rings is 2. The number of alkyl halides is 3. The molecular formula is C22H20Cl3F3N6S. The lowest BCUT2D eigenvalue weighted by atomic mass is 10.2. The summed E-state index contributed by atoms with van der Waals surface area (Å²) in [4.78, 5) is 4.22. The Hall–Kier alpha value is -1.95. The van der Waals surface area contributed by atoms with Gasteiger partial charge in [0.25, 0.3) is 5.82 Å². The lowest BCUT2D eigenvalue weighted by Crippen LogP contribution is -2.46. The van der Waals surface area contributed by atoms with Crippen LogP contribution in [0.2, 0.25) is 15.1 Å². The van der Waals surface area contributed by atoms with E-state index in [0.717, 1.165) is 10.2 Å². The van der Waals surface area contributed by atoms with Crippen LogP contribution in [0.25, 0.3) is 0 Å². The Labute approximate surface area is 220 Å². The van der Waals surface area contributed by atoms with E-state index in [0.29, 0.717) is 58.0 Å². The number of aromatic nitrogens is 3. The van der Waals surface area contributed by atoms with Crippen molar-refractivity contribution in [1.82, 2.24) is 24.3 Å². The Bertz CT molecular complexity index is 1260. The number of hydrogen-bond donors (Lipinski definition) is 0. The van der Waals surface area contributed by atoms with Gasteiger partial charge in [0.15, 0.2) is 0 Å². The second-order valence-electron chi connectivity index (χ2n) is 7.98. The minimum absolute atomic E-state index is 0.126. The van der Waals surface area contributed by atoms with E-state index in [1.807, 2.05) is 11.0 Å². The number of halogens is 6. The standard InChI is InChI=1S/C22H20Cl3F3N6S/c23-17-4-1-15(2-5-17)12-29-34-20(22(26,27)28)30-33(21(34)35)14-32-9-7-31(8-10-32)13-16-3-6-18(24)11-19(16)25/h1-6,11-12H,7-10,13-14H2/b29-12+. The highest BCUT2D eigenvalue weighted by atomic mass is 35.5. The topological polar surface area (TPSA) is 41.6 Å². The molecule has 0 bridgehead atoms. The minimum Gasteiger partial charge on any atom is -0.296 e. The van der Waals surface area contributed by atoms with Gasteiger partial charge in [-0.2, -0.15) is 22.9 Å². The molecule has 3 aromatic rings. The van der Waals surface area contributed by atoms with Gasteiger partial charge in [-0.05, 0) is 47.6 Å². The minimum atomic E-state index is -4.72. The molecule has 0 amide bonds. The Morgan fingerprint density at radius 3 is 2.20 bits per heavy atom. The summed E-state index contributed by atoms with van der Waals surface area (Å²) in [6.07, 6.45) is -3.43. The van der Waals surface area contributed by atoms with Crippen LogP contribution in [0.5, 0.6) is 0 Å². The van der Waals surface area contributed by atoms with Gasteiger partial charge in [-0.3, -0.25) is 9.80 Å². The van der Waals surface area contributed by atoms with Gasteiger partial charge in [0, 0.05) is 47.8 Å². The highest BCUT2D eigenvalue weighted by Gasteiger charge is 2.39. The molecule has 1 fully saturated rings. The predicted molar refractivity (Wildman–Crippen MR) is 134 cm³/mol. The van der Waals surface area contributed by atoms with E-state index in [-0.39, 0.29) is 11.4 Å². The fourth-order valence-corrected chi connectivity index (χ4v) is 4.44. The van der Waals surface area contributed by atoms with Crippen molar-refractivity contribution >= 4 is 53.2 Å². The van der Waals surface area contributed by atoms with E-state index in [4.69, 9.17) is 47.0 Å². The van der Waals surface area contributed by atoms with Gasteiger partial charge >= 0.3 is 6.18 Å². The summed E-state index contributed by atoms with van der Waals surface area (Å²) in [5.74, 6) is -1.18. The summed E-state index contributed by atoms with van der Waals surface area (Å²) in [6.45, 7) is 3.49. The summed E-state index contributed by atoms with van der Waals surface area (Å²) >= 11 is 23.4. The molecular weight excluding hydrogens is 544 g/mol. The van der Waals surface area contributed by atoms with E-state index in [2.05, 4.69) is 15.1 Å². The second-order valence-corrected chi connectivity index (χ2v) is 9.63. The smallest absolute Gasteiger partial charge is 0.296 e. The first-order valence-electron chi connectivity index (χ1n) is 10.6. The summed E-state index contributed by atoms with van der Waals surface area (Å²) in [7, 11) is 0. The fraction of sp³-hybridized carbons (Fsp3) is 0.318. The third kappa shape index (κ3) is 6.63. The SMILES string of the molecule is FC(F)(F)c1nn(CN2CCN(Cc3ccc(Cl)cc3Cl)CC2)c(=S)n1/N=C/c1ccc(Cl)cc1. The van der Waals surface area contributed by atoms with Crippen molar-refractivity contribution in [2.75, 3.05) is 26.2 Å². The number of hydrogen-bond acceptors (Lipinski definition) is 5. The zero-order chi connectivity index (χ0) is 25.2. The number of piperazine rings is 1. The predicted octanol–water partition coefficient (Wildman–Crippen LogP) is 6.05. The molecule has 35 heavy (non-hydrogen) atoms. The lowest BCUT2D eigenvalue weighted by molar-refractivity contribution is -0.147. The first-order chi connectivity index (χ1) is 16.6. The highest BCUT2D eigenvalue weighted by Crippen LogP contribution is 2.28. The van der Waals surface area contributed by atoms with Crippen LogP contribution in [-0.4, -0.2) is 56.7 Å². The molecule has 0 unspecified atom stereocenters. The largest absolute Gasteiger partial charge is 0.453 e. The number of nitrogens with zero attached hydrogens (tertiary/aromatic N) is 6. The molecule has 1 aromatic heterocycles. The van der Waals surface area contributed by atoms with E-state index in [1.54, 1.807) is 36.4 Å². The molecule has 0 atom stereocenters. The van der Waals surface area contributed by atoms with E-state index < -0.39 is 12.0 Å². The molecule has 0 saturated carbocycles. The maximum atomic E-state index is 13.6. The van der Waals surface area contributed by atoms with Gasteiger partial charge in [-0.25, -0.2) is 4.68 Å². The third-order valence-electron chi connectivity index (χ3n) is 5.47. The van der Waals surface area contributed by atoms with Gasteiger partial charge < -0.3 is 0 Å². The molecule has 0 spiro atoms. The van der Waals surface area contributed by atoms with Crippen molar-refractivity contribution in [1.29, 1.82) is 0 Å². The highest BCUT2D eigenvalue weighted by molar-refractivity contribution is 7.71. The van der Waals surface area contributed by atoms with Crippen LogP contribution in [0, 0.1) is 4.77 Å². The summed E-state index contributed by atoms with van der Waals surface area (Å²) < 4.78 is 42.6. The Kier molecular flexibility index (Phi) is 8.19. The fourth-order valence-electron chi connectivity index (χ4n) is 3.61. The molecule has 1 aliphatic rings. The average Bonchev–Trinajstić information content (AvgIpc) is 3.12. The van der Waals surface area contributed by atoms with Gasteiger partial charge in [-0.15, -0.1) is 5.10 Å². The van der Waals surface area contributed by atoms with Crippen molar-refractivity contribution in [3.8, 4) is 0 Å². The first kappa shape index (κ1) is 26.1. The molecule has 2 heterocycles. The van der Waals surface area contributed by atoms with E-state index >= 15 is 0 Å². The maximum absolute atomic E-state index is 13.6. The maximum Gasteiger partial charge on any atom is 0.453 e. The summed E-state index contributed by atoms with van der Waals surface area (Å²) in [5, 5.41) is 9.39. The van der Waals surface area contributed by atoms with Crippen LogP contribution >= 0.6 is 47.0 Å². The van der Waals surface area contributed by atoms with Crippen LogP contribution in [-0.2, 0) is 19.4 Å². The molecule has 6 nitrogen and oxygen atoms in total. The van der Waals surface area contributed by atoms with Crippen LogP contribution in [0.4, 0.5) is 13.2 Å². The van der Waals surface area contributed by atoms with Crippen molar-refractivity contribution in [3.05, 3.63) is 79.3 Å². The molecule has 0 aliphatic carbocycles. The van der Waals surface area contributed by atoms with Crippen molar-refractivity contribution < 1.29 is 13.2 Å². The van der Waals surface area contributed by atoms with E-state index in [1.165, 1.54) is 6.21 Å². The molecule has 1 saturated heterocycles. The average molecular weight is 564 g/mol. The Balaban J connectivity index is 1.45.